The van der Waals surface area contributed by atoms with Crippen LogP contribution in [0.1, 0.15) is 21.7 Å². The number of nitrogens with one attached hydrogen (secondary N) is 1. The number of hydrogen-bond acceptors (Lipinski definition) is 5. The van der Waals surface area contributed by atoms with E-state index in [1.54, 1.807) is 25.1 Å². The molecule has 0 aliphatic carbocycles. The van der Waals surface area contributed by atoms with E-state index in [1.807, 2.05) is 0 Å². The number of ether oxygens (including phenoxy) is 1. The number of aryl methyl sites for hydroxylation is 1. The fraction of sp³-hybridized carbons (Fsp3) is 0.250. The van der Waals surface area contributed by atoms with Crippen LogP contribution in [0.3, 0.4) is 0 Å². The molecule has 0 spiro atoms. The van der Waals surface area contributed by atoms with Gasteiger partial charge in [0, 0.05) is 0 Å². The van der Waals surface area contributed by atoms with Gasteiger partial charge in [-0.1, -0.05) is 16.4 Å². The van der Waals surface area contributed by atoms with Crippen LogP contribution in [0.25, 0.3) is 0 Å². The summed E-state index contributed by atoms with van der Waals surface area (Å²) >= 11 is 3.33. The molecule has 0 unspecified atom stereocenters. The Morgan fingerprint density at radius 2 is 2.26 bits per heavy atom. The van der Waals surface area contributed by atoms with Crippen molar-refractivity contribution in [3.05, 3.63) is 39.6 Å². The molecular weight excluding hydrogens is 314 g/mol. The van der Waals surface area contributed by atoms with Gasteiger partial charge in [0.2, 0.25) is 0 Å². The van der Waals surface area contributed by atoms with Gasteiger partial charge in [0.25, 0.3) is 5.91 Å². The number of aromatic nitrogens is 2. The molecule has 0 fully saturated rings. The van der Waals surface area contributed by atoms with E-state index in [0.717, 1.165) is 4.47 Å². The van der Waals surface area contributed by atoms with Crippen LogP contribution in [0.4, 0.5) is 0 Å². The van der Waals surface area contributed by atoms with Crippen molar-refractivity contribution in [1.82, 2.24) is 15.6 Å². The van der Waals surface area contributed by atoms with Crippen LogP contribution in [0.5, 0.6) is 5.75 Å². The van der Waals surface area contributed by atoms with Crippen molar-refractivity contribution in [3.8, 4) is 5.75 Å². The summed E-state index contributed by atoms with van der Waals surface area (Å²) in [5, 5.41) is 10.1. The number of methoxy groups -OCH3 is 1. The molecule has 0 bridgehead atoms. The predicted molar refractivity (Wildman–Crippen MR) is 70.9 cm³/mol. The number of amides is 1. The van der Waals surface area contributed by atoms with E-state index in [2.05, 4.69) is 36.2 Å². The van der Waals surface area contributed by atoms with Crippen molar-refractivity contribution >= 4 is 21.8 Å². The summed E-state index contributed by atoms with van der Waals surface area (Å²) in [6.07, 6.45) is 0. The third-order valence-corrected chi connectivity index (χ3v) is 3.20. The Kier molecular flexibility index (Phi) is 4.16. The highest BCUT2D eigenvalue weighted by atomic mass is 79.9. The predicted octanol–water partition coefficient (Wildman–Crippen LogP) is 2.08. The SMILES string of the molecule is COc1c(Br)cccc1C(=O)NCc1nonc1C. The largest absolute Gasteiger partial charge is 0.495 e. The summed E-state index contributed by atoms with van der Waals surface area (Å²) in [6.45, 7) is 2.02. The number of benzene rings is 1. The maximum atomic E-state index is 12.1. The summed E-state index contributed by atoms with van der Waals surface area (Å²) < 4.78 is 10.5. The Morgan fingerprint density at radius 1 is 1.47 bits per heavy atom. The first-order valence-electron chi connectivity index (χ1n) is 5.52. The lowest BCUT2D eigenvalue weighted by molar-refractivity contribution is 0.0947. The van der Waals surface area contributed by atoms with Crippen LogP contribution in [0, 0.1) is 6.92 Å². The van der Waals surface area contributed by atoms with E-state index in [4.69, 9.17) is 4.74 Å². The van der Waals surface area contributed by atoms with Crippen molar-refractivity contribution in [2.45, 2.75) is 13.5 Å². The first-order chi connectivity index (χ1) is 9.13. The number of carbonyl (C=O) groups excluding carboxylic acids is 1. The van der Waals surface area contributed by atoms with E-state index in [-0.39, 0.29) is 12.5 Å². The van der Waals surface area contributed by atoms with Crippen LogP contribution in [-0.4, -0.2) is 23.3 Å². The van der Waals surface area contributed by atoms with E-state index < -0.39 is 0 Å². The van der Waals surface area contributed by atoms with Crippen LogP contribution in [-0.2, 0) is 6.54 Å². The first-order valence-corrected chi connectivity index (χ1v) is 6.31. The monoisotopic (exact) mass is 325 g/mol. The second-order valence-corrected chi connectivity index (χ2v) is 4.65. The van der Waals surface area contributed by atoms with Crippen LogP contribution >= 0.6 is 15.9 Å². The molecule has 0 saturated carbocycles. The zero-order valence-corrected chi connectivity index (χ0v) is 12.0. The Labute approximate surface area is 118 Å². The standard InChI is InChI=1S/C12H12BrN3O3/c1-7-10(16-19-15-7)6-14-12(17)8-4-3-5-9(13)11(8)18-2/h3-5H,6H2,1-2H3,(H,14,17). The molecule has 0 aliphatic heterocycles. The van der Waals surface area contributed by atoms with Crippen molar-refractivity contribution in [2.24, 2.45) is 0 Å². The maximum absolute atomic E-state index is 12.1. The molecule has 19 heavy (non-hydrogen) atoms. The van der Waals surface area contributed by atoms with Gasteiger partial charge < -0.3 is 10.1 Å². The van der Waals surface area contributed by atoms with Crippen molar-refractivity contribution in [3.63, 3.8) is 0 Å². The summed E-state index contributed by atoms with van der Waals surface area (Å²) in [7, 11) is 1.52. The van der Waals surface area contributed by atoms with Crippen molar-refractivity contribution < 1.29 is 14.2 Å². The van der Waals surface area contributed by atoms with E-state index in [9.17, 15) is 4.79 Å². The molecule has 0 atom stereocenters. The Bertz CT molecular complexity index is 598. The number of carbonyl (C=O) groups is 1. The topological polar surface area (TPSA) is 77.2 Å². The number of halogens is 1. The lowest BCUT2D eigenvalue weighted by atomic mass is 10.2. The number of hydrogen-bond donors (Lipinski definition) is 1. The molecule has 1 amide bonds. The fourth-order valence-corrected chi connectivity index (χ4v) is 2.09. The molecule has 1 heterocycles. The molecule has 1 N–H and O–H groups in total. The molecule has 6 nitrogen and oxygen atoms in total. The summed E-state index contributed by atoms with van der Waals surface area (Å²) in [4.78, 5) is 12.1. The van der Waals surface area contributed by atoms with E-state index >= 15 is 0 Å². The minimum Gasteiger partial charge on any atom is -0.495 e. The molecule has 100 valence electrons. The Balaban J connectivity index is 2.12. The van der Waals surface area contributed by atoms with Gasteiger partial charge in [0.15, 0.2) is 0 Å². The molecule has 1 aromatic heterocycles. The maximum Gasteiger partial charge on any atom is 0.255 e. The number of nitrogens with zero attached hydrogens (tertiary/aromatic N) is 2. The second-order valence-electron chi connectivity index (χ2n) is 3.80. The lowest BCUT2D eigenvalue weighted by Crippen LogP contribution is -2.24. The summed E-state index contributed by atoms with van der Waals surface area (Å²) in [5.41, 5.74) is 1.70. The molecule has 1 aromatic carbocycles. The smallest absolute Gasteiger partial charge is 0.255 e. The van der Waals surface area contributed by atoms with Crippen LogP contribution in [0.2, 0.25) is 0 Å². The second kappa shape index (κ2) is 5.83. The zero-order chi connectivity index (χ0) is 13.8. The van der Waals surface area contributed by atoms with E-state index in [0.29, 0.717) is 22.7 Å². The average Bonchev–Trinajstić information content (AvgIpc) is 2.81. The number of para-hydroxylation sites is 1. The normalized spacial score (nSPS) is 10.3. The lowest BCUT2D eigenvalue weighted by Gasteiger charge is -2.10. The molecule has 0 aliphatic rings. The molecule has 7 heteroatoms. The Hall–Kier alpha value is -1.89. The minimum absolute atomic E-state index is 0.249. The van der Waals surface area contributed by atoms with Crippen molar-refractivity contribution in [2.75, 3.05) is 7.11 Å². The average molecular weight is 326 g/mol. The third kappa shape index (κ3) is 2.93. The molecule has 2 aromatic rings. The quantitative estimate of drug-likeness (QED) is 0.931. The van der Waals surface area contributed by atoms with E-state index in [1.165, 1.54) is 7.11 Å². The van der Waals surface area contributed by atoms with Gasteiger partial charge in [-0.05, 0) is 35.0 Å². The fourth-order valence-electron chi connectivity index (χ4n) is 1.56. The van der Waals surface area contributed by atoms with Gasteiger partial charge in [-0.3, -0.25) is 4.79 Å². The van der Waals surface area contributed by atoms with Crippen LogP contribution < -0.4 is 10.1 Å². The molecular formula is C12H12BrN3O3. The minimum atomic E-state index is -0.249. The molecule has 0 saturated heterocycles. The third-order valence-electron chi connectivity index (χ3n) is 2.58. The van der Waals surface area contributed by atoms with Gasteiger partial charge in [-0.15, -0.1) is 0 Å². The first kappa shape index (κ1) is 13.5. The van der Waals surface area contributed by atoms with Gasteiger partial charge in [0.1, 0.15) is 17.1 Å². The van der Waals surface area contributed by atoms with Crippen molar-refractivity contribution in [1.29, 1.82) is 0 Å². The zero-order valence-electron chi connectivity index (χ0n) is 10.4. The molecule has 2 rings (SSSR count). The number of rotatable bonds is 4. The highest BCUT2D eigenvalue weighted by molar-refractivity contribution is 9.10. The Morgan fingerprint density at radius 3 is 2.89 bits per heavy atom. The van der Waals surface area contributed by atoms with Gasteiger partial charge in [-0.2, -0.15) is 0 Å². The van der Waals surface area contributed by atoms with Crippen LogP contribution in [0.15, 0.2) is 27.3 Å². The van der Waals surface area contributed by atoms with Gasteiger partial charge in [-0.25, -0.2) is 4.63 Å². The van der Waals surface area contributed by atoms with Gasteiger partial charge in [0.05, 0.1) is 23.7 Å². The molecule has 0 radical (unpaired) electrons. The highest BCUT2D eigenvalue weighted by Gasteiger charge is 2.15. The summed E-state index contributed by atoms with van der Waals surface area (Å²) in [5.74, 6) is 0.246. The summed E-state index contributed by atoms with van der Waals surface area (Å²) in [6, 6.07) is 5.26. The highest BCUT2D eigenvalue weighted by Crippen LogP contribution is 2.28. The van der Waals surface area contributed by atoms with Gasteiger partial charge >= 0.3 is 0 Å².